The van der Waals surface area contributed by atoms with Gasteiger partial charge in [0, 0.05) is 26.1 Å². The highest BCUT2D eigenvalue weighted by atomic mass is 16.5. The molecule has 124 valence electrons. The van der Waals surface area contributed by atoms with Gasteiger partial charge in [0.2, 0.25) is 5.91 Å². The number of anilines is 1. The van der Waals surface area contributed by atoms with E-state index in [0.29, 0.717) is 24.6 Å². The first-order valence-electron chi connectivity index (χ1n) is 8.41. The Labute approximate surface area is 137 Å². The molecule has 1 fully saturated rings. The Balaban J connectivity index is 1.67. The average Bonchev–Trinajstić information content (AvgIpc) is 2.55. The second-order valence-corrected chi connectivity index (χ2v) is 6.55. The van der Waals surface area contributed by atoms with E-state index in [1.54, 1.807) is 11.8 Å². The molecule has 0 radical (unpaired) electrons. The Morgan fingerprint density at radius 1 is 1.30 bits per heavy atom. The number of hydrogen-bond acceptors (Lipinski definition) is 3. The van der Waals surface area contributed by atoms with E-state index in [4.69, 9.17) is 4.74 Å². The van der Waals surface area contributed by atoms with Crippen LogP contribution in [0, 0.1) is 5.92 Å². The van der Waals surface area contributed by atoms with Gasteiger partial charge in [-0.1, -0.05) is 19.1 Å². The molecule has 0 bridgehead atoms. The van der Waals surface area contributed by atoms with E-state index in [9.17, 15) is 9.59 Å². The molecule has 2 aliphatic rings. The molecule has 23 heavy (non-hydrogen) atoms. The molecule has 2 atom stereocenters. The predicted molar refractivity (Wildman–Crippen MR) is 88.5 cm³/mol. The van der Waals surface area contributed by atoms with Crippen LogP contribution >= 0.6 is 0 Å². The molecule has 1 aromatic carbocycles. The third-order valence-corrected chi connectivity index (χ3v) is 4.63. The molecule has 5 nitrogen and oxygen atoms in total. The first-order valence-corrected chi connectivity index (χ1v) is 8.41. The molecule has 3 rings (SSSR count). The van der Waals surface area contributed by atoms with Gasteiger partial charge in [-0.3, -0.25) is 9.59 Å². The molecule has 5 heteroatoms. The maximum Gasteiger partial charge on any atom is 0.267 e. The van der Waals surface area contributed by atoms with Crippen LogP contribution in [0.3, 0.4) is 0 Å². The summed E-state index contributed by atoms with van der Waals surface area (Å²) in [6, 6.07) is 7.50. The van der Waals surface area contributed by atoms with E-state index in [2.05, 4.69) is 6.92 Å². The summed E-state index contributed by atoms with van der Waals surface area (Å²) in [5.74, 6) is 1.33. The Morgan fingerprint density at radius 2 is 2.09 bits per heavy atom. The fourth-order valence-electron chi connectivity index (χ4n) is 3.37. The van der Waals surface area contributed by atoms with Crippen LogP contribution < -0.4 is 9.64 Å². The SMILES string of the molecule is CC1CCCN(C(=O)CCN2C(=O)C(C)Oc3ccccc32)C1. The largest absolute Gasteiger partial charge is 0.479 e. The fraction of sp³-hybridized carbons (Fsp3) is 0.556. The van der Waals surface area contributed by atoms with Crippen LogP contribution in [0.4, 0.5) is 5.69 Å². The Kier molecular flexibility index (Phi) is 4.55. The quantitative estimate of drug-likeness (QED) is 0.860. The number of likely N-dealkylation sites (tertiary alicyclic amines) is 1. The van der Waals surface area contributed by atoms with Gasteiger partial charge in [-0.05, 0) is 37.8 Å². The zero-order valence-electron chi connectivity index (χ0n) is 13.8. The minimum Gasteiger partial charge on any atom is -0.479 e. The van der Waals surface area contributed by atoms with Crippen LogP contribution in [0.25, 0.3) is 0 Å². The molecule has 0 N–H and O–H groups in total. The molecule has 2 aliphatic heterocycles. The highest BCUT2D eigenvalue weighted by molar-refractivity contribution is 6.00. The maximum atomic E-state index is 12.4. The first-order chi connectivity index (χ1) is 11.1. The van der Waals surface area contributed by atoms with Gasteiger partial charge in [0.15, 0.2) is 6.10 Å². The molecular weight excluding hydrogens is 292 g/mol. The Bertz CT molecular complexity index is 602. The van der Waals surface area contributed by atoms with E-state index in [0.717, 1.165) is 25.2 Å². The standard InChI is InChI=1S/C18H24N2O3/c1-13-6-5-10-19(12-13)17(21)9-11-20-15-7-3-4-8-16(15)23-14(2)18(20)22/h3-4,7-8,13-14H,5-6,9-12H2,1-2H3. The molecule has 0 aliphatic carbocycles. The summed E-state index contributed by atoms with van der Waals surface area (Å²) in [5, 5.41) is 0. The van der Waals surface area contributed by atoms with Crippen LogP contribution in [0.2, 0.25) is 0 Å². The van der Waals surface area contributed by atoms with Gasteiger partial charge in [-0.25, -0.2) is 0 Å². The highest BCUT2D eigenvalue weighted by Crippen LogP contribution is 2.33. The third kappa shape index (κ3) is 3.33. The molecule has 2 amide bonds. The fourth-order valence-corrected chi connectivity index (χ4v) is 3.37. The molecule has 0 spiro atoms. The monoisotopic (exact) mass is 316 g/mol. The zero-order valence-corrected chi connectivity index (χ0v) is 13.8. The number of ether oxygens (including phenoxy) is 1. The minimum atomic E-state index is -0.505. The molecule has 0 aromatic heterocycles. The molecule has 2 unspecified atom stereocenters. The number of para-hydroxylation sites is 2. The van der Waals surface area contributed by atoms with E-state index in [1.165, 1.54) is 6.42 Å². The van der Waals surface area contributed by atoms with Crippen molar-refractivity contribution in [1.29, 1.82) is 0 Å². The van der Waals surface area contributed by atoms with Crippen molar-refractivity contribution in [3.05, 3.63) is 24.3 Å². The van der Waals surface area contributed by atoms with Crippen molar-refractivity contribution in [3.8, 4) is 5.75 Å². The molecule has 1 aromatic rings. The lowest BCUT2D eigenvalue weighted by molar-refractivity contribution is -0.132. The molecular formula is C18H24N2O3. The van der Waals surface area contributed by atoms with Gasteiger partial charge in [0.25, 0.3) is 5.91 Å². The van der Waals surface area contributed by atoms with Crippen molar-refractivity contribution >= 4 is 17.5 Å². The summed E-state index contributed by atoms with van der Waals surface area (Å²) in [7, 11) is 0. The van der Waals surface area contributed by atoms with E-state index < -0.39 is 6.10 Å². The smallest absolute Gasteiger partial charge is 0.267 e. The van der Waals surface area contributed by atoms with Crippen LogP contribution in [0.15, 0.2) is 24.3 Å². The number of carbonyl (C=O) groups is 2. The Morgan fingerprint density at radius 3 is 2.87 bits per heavy atom. The van der Waals surface area contributed by atoms with Crippen molar-refractivity contribution < 1.29 is 14.3 Å². The van der Waals surface area contributed by atoms with Crippen molar-refractivity contribution in [2.45, 2.75) is 39.2 Å². The lowest BCUT2D eigenvalue weighted by Gasteiger charge is -2.34. The predicted octanol–water partition coefficient (Wildman–Crippen LogP) is 2.45. The number of nitrogens with zero attached hydrogens (tertiary/aromatic N) is 2. The molecule has 2 heterocycles. The van der Waals surface area contributed by atoms with Gasteiger partial charge in [-0.2, -0.15) is 0 Å². The van der Waals surface area contributed by atoms with Crippen molar-refractivity contribution in [2.75, 3.05) is 24.5 Å². The maximum absolute atomic E-state index is 12.4. The van der Waals surface area contributed by atoms with Gasteiger partial charge >= 0.3 is 0 Å². The summed E-state index contributed by atoms with van der Waals surface area (Å²) in [6.07, 6.45) is 2.12. The first kappa shape index (κ1) is 15.8. The van der Waals surface area contributed by atoms with E-state index in [1.807, 2.05) is 29.2 Å². The summed E-state index contributed by atoms with van der Waals surface area (Å²) in [5.41, 5.74) is 0.760. The van der Waals surface area contributed by atoms with Gasteiger partial charge in [-0.15, -0.1) is 0 Å². The number of piperidine rings is 1. The normalized spacial score (nSPS) is 24.2. The number of fused-ring (bicyclic) bond motifs is 1. The number of hydrogen-bond donors (Lipinski definition) is 0. The van der Waals surface area contributed by atoms with Crippen molar-refractivity contribution in [3.63, 3.8) is 0 Å². The highest BCUT2D eigenvalue weighted by Gasteiger charge is 2.32. The van der Waals surface area contributed by atoms with Gasteiger partial charge < -0.3 is 14.5 Å². The lowest BCUT2D eigenvalue weighted by atomic mass is 10.00. The third-order valence-electron chi connectivity index (χ3n) is 4.63. The summed E-state index contributed by atoms with van der Waals surface area (Å²) < 4.78 is 5.62. The van der Waals surface area contributed by atoms with Crippen molar-refractivity contribution in [2.24, 2.45) is 5.92 Å². The summed E-state index contributed by atoms with van der Waals surface area (Å²) in [6.45, 7) is 6.02. The minimum absolute atomic E-state index is 0.0801. The number of amides is 2. The van der Waals surface area contributed by atoms with E-state index >= 15 is 0 Å². The number of benzene rings is 1. The number of rotatable bonds is 3. The second-order valence-electron chi connectivity index (χ2n) is 6.55. The molecule has 0 saturated carbocycles. The van der Waals surface area contributed by atoms with Crippen LogP contribution in [-0.4, -0.2) is 42.5 Å². The summed E-state index contributed by atoms with van der Waals surface area (Å²) in [4.78, 5) is 28.5. The van der Waals surface area contributed by atoms with Crippen molar-refractivity contribution in [1.82, 2.24) is 4.90 Å². The Hall–Kier alpha value is -2.04. The van der Waals surface area contributed by atoms with Gasteiger partial charge in [0.1, 0.15) is 5.75 Å². The zero-order chi connectivity index (χ0) is 16.4. The number of carbonyl (C=O) groups excluding carboxylic acids is 2. The van der Waals surface area contributed by atoms with Crippen LogP contribution in [0.5, 0.6) is 5.75 Å². The average molecular weight is 316 g/mol. The van der Waals surface area contributed by atoms with E-state index in [-0.39, 0.29) is 11.8 Å². The second kappa shape index (κ2) is 6.60. The topological polar surface area (TPSA) is 49.9 Å². The van der Waals surface area contributed by atoms with Crippen LogP contribution in [-0.2, 0) is 9.59 Å². The van der Waals surface area contributed by atoms with Gasteiger partial charge in [0.05, 0.1) is 5.69 Å². The summed E-state index contributed by atoms with van der Waals surface area (Å²) >= 11 is 0. The lowest BCUT2D eigenvalue weighted by Crippen LogP contribution is -2.46. The molecule has 1 saturated heterocycles. The van der Waals surface area contributed by atoms with Crippen LogP contribution in [0.1, 0.15) is 33.1 Å².